The maximum atomic E-state index is 13.2. The van der Waals surface area contributed by atoms with Gasteiger partial charge in [0.2, 0.25) is 15.9 Å². The normalized spacial score (nSPS) is 36.4. The van der Waals surface area contributed by atoms with E-state index < -0.39 is 16.1 Å². The molecule has 0 unspecified atom stereocenters. The molecule has 1 heterocycles. The van der Waals surface area contributed by atoms with Crippen LogP contribution in [0.3, 0.4) is 0 Å². The van der Waals surface area contributed by atoms with E-state index in [0.29, 0.717) is 36.8 Å². The molecule has 1 aliphatic heterocycles. The highest BCUT2D eigenvalue weighted by atomic mass is 32.2. The van der Waals surface area contributed by atoms with Gasteiger partial charge in [0.1, 0.15) is 6.04 Å². The van der Waals surface area contributed by atoms with E-state index in [0.717, 1.165) is 11.8 Å². The van der Waals surface area contributed by atoms with Gasteiger partial charge in [-0.25, -0.2) is 8.42 Å². The van der Waals surface area contributed by atoms with Crippen LogP contribution >= 0.6 is 0 Å². The van der Waals surface area contributed by atoms with Gasteiger partial charge in [-0.15, -0.1) is 0 Å². The highest BCUT2D eigenvalue weighted by Crippen LogP contribution is 2.53. The van der Waals surface area contributed by atoms with Gasteiger partial charge in [-0.1, -0.05) is 12.1 Å². The minimum absolute atomic E-state index is 0.123. The van der Waals surface area contributed by atoms with Gasteiger partial charge in [-0.3, -0.25) is 4.79 Å². The maximum absolute atomic E-state index is 13.2. The number of rotatable bonds is 5. The van der Waals surface area contributed by atoms with E-state index in [4.69, 9.17) is 0 Å². The third kappa shape index (κ3) is 3.41. The Balaban J connectivity index is 1.33. The zero-order chi connectivity index (χ0) is 20.2. The van der Waals surface area contributed by atoms with Crippen LogP contribution in [0.15, 0.2) is 29.2 Å². The molecule has 2 N–H and O–H groups in total. The second-order valence-corrected chi connectivity index (χ2v) is 11.4. The number of sulfonamides is 1. The Hall–Kier alpha value is -1.44. The predicted molar refractivity (Wildman–Crippen MR) is 108 cm³/mol. The van der Waals surface area contributed by atoms with E-state index in [-0.39, 0.29) is 23.5 Å². The van der Waals surface area contributed by atoms with Gasteiger partial charge in [-0.2, -0.15) is 4.31 Å². The molecule has 1 atom stereocenters. The lowest BCUT2D eigenvalue weighted by molar-refractivity contribution is -0.128. The SMILES string of the molecule is O=C(NC1C2CC3CC(C2)CC1C3)[C@H]1CCCN1S(=O)(=O)c1cccc(CO)c1. The molecule has 4 aliphatic carbocycles. The molecular weight excluding hydrogens is 388 g/mol. The summed E-state index contributed by atoms with van der Waals surface area (Å²) in [5.41, 5.74) is 0.555. The summed E-state index contributed by atoms with van der Waals surface area (Å²) in [6.07, 6.45) is 7.51. The molecule has 1 saturated heterocycles. The fourth-order valence-electron chi connectivity index (χ4n) is 6.65. The molecule has 1 amide bonds. The second-order valence-electron chi connectivity index (χ2n) is 9.54. The third-order valence-electron chi connectivity index (χ3n) is 7.73. The summed E-state index contributed by atoms with van der Waals surface area (Å²) in [6.45, 7) is 0.158. The van der Waals surface area contributed by atoms with Crippen LogP contribution in [0.1, 0.15) is 50.5 Å². The van der Waals surface area contributed by atoms with Crippen LogP contribution in [0, 0.1) is 23.7 Å². The first-order valence-corrected chi connectivity index (χ1v) is 12.4. The minimum atomic E-state index is -3.77. The van der Waals surface area contributed by atoms with Crippen molar-refractivity contribution in [2.45, 2.75) is 68.5 Å². The lowest BCUT2D eigenvalue weighted by Crippen LogP contribution is -2.58. The fraction of sp³-hybridized carbons (Fsp3) is 0.682. The average Bonchev–Trinajstić information content (AvgIpc) is 3.21. The van der Waals surface area contributed by atoms with Crippen LogP contribution in [0.5, 0.6) is 0 Å². The summed E-state index contributed by atoms with van der Waals surface area (Å²) < 4.78 is 27.8. The molecule has 4 bridgehead atoms. The summed E-state index contributed by atoms with van der Waals surface area (Å²) >= 11 is 0. The van der Waals surface area contributed by atoms with E-state index in [1.165, 1.54) is 42.5 Å². The lowest BCUT2D eigenvalue weighted by Gasteiger charge is -2.54. The zero-order valence-corrected chi connectivity index (χ0v) is 17.5. The van der Waals surface area contributed by atoms with Crippen molar-refractivity contribution < 1.29 is 18.3 Å². The maximum Gasteiger partial charge on any atom is 0.243 e. The van der Waals surface area contributed by atoms with E-state index in [1.54, 1.807) is 18.2 Å². The molecule has 7 heteroatoms. The molecule has 0 aromatic heterocycles. The molecule has 6 nitrogen and oxygen atoms in total. The van der Waals surface area contributed by atoms with Gasteiger partial charge >= 0.3 is 0 Å². The van der Waals surface area contributed by atoms with Gasteiger partial charge in [0.25, 0.3) is 0 Å². The van der Waals surface area contributed by atoms with E-state index in [2.05, 4.69) is 5.32 Å². The summed E-state index contributed by atoms with van der Waals surface area (Å²) in [4.78, 5) is 13.3. The van der Waals surface area contributed by atoms with Crippen LogP contribution in [0.2, 0.25) is 0 Å². The number of nitrogens with one attached hydrogen (secondary N) is 1. The van der Waals surface area contributed by atoms with Gasteiger partial charge in [0.15, 0.2) is 0 Å². The monoisotopic (exact) mass is 418 g/mol. The first-order chi connectivity index (χ1) is 14.0. The molecule has 4 saturated carbocycles. The van der Waals surface area contributed by atoms with Gasteiger partial charge in [0.05, 0.1) is 11.5 Å². The number of nitrogens with zero attached hydrogens (tertiary/aromatic N) is 1. The summed E-state index contributed by atoms with van der Waals surface area (Å²) in [5.74, 6) is 2.70. The van der Waals surface area contributed by atoms with Crippen molar-refractivity contribution in [1.29, 1.82) is 0 Å². The van der Waals surface area contributed by atoms with Crippen LogP contribution in [-0.2, 0) is 21.4 Å². The Morgan fingerprint density at radius 1 is 1.10 bits per heavy atom. The largest absolute Gasteiger partial charge is 0.392 e. The first-order valence-electron chi connectivity index (χ1n) is 11.0. The summed E-state index contributed by atoms with van der Waals surface area (Å²) in [7, 11) is -3.77. The van der Waals surface area contributed by atoms with E-state index in [1.807, 2.05) is 0 Å². The van der Waals surface area contributed by atoms with Crippen LogP contribution < -0.4 is 5.32 Å². The highest BCUT2D eigenvalue weighted by Gasteiger charge is 2.49. The Bertz CT molecular complexity index is 872. The van der Waals surface area contributed by atoms with Crippen molar-refractivity contribution in [1.82, 2.24) is 9.62 Å². The van der Waals surface area contributed by atoms with Crippen LogP contribution in [0.4, 0.5) is 0 Å². The topological polar surface area (TPSA) is 86.7 Å². The third-order valence-corrected chi connectivity index (χ3v) is 9.63. The van der Waals surface area contributed by atoms with Crippen molar-refractivity contribution in [2.24, 2.45) is 23.7 Å². The van der Waals surface area contributed by atoms with Crippen molar-refractivity contribution in [3.63, 3.8) is 0 Å². The molecule has 5 fully saturated rings. The van der Waals surface area contributed by atoms with Crippen molar-refractivity contribution in [3.8, 4) is 0 Å². The Labute approximate surface area is 172 Å². The summed E-state index contributed by atoms with van der Waals surface area (Å²) in [5, 5.41) is 12.6. The number of benzene rings is 1. The van der Waals surface area contributed by atoms with Crippen LogP contribution in [0.25, 0.3) is 0 Å². The highest BCUT2D eigenvalue weighted by molar-refractivity contribution is 7.89. The standard InChI is InChI=1S/C22H30N2O4S/c25-13-14-3-1-4-19(12-14)29(27,28)24-6-2-5-20(24)22(26)23-21-17-8-15-7-16(10-17)11-18(21)9-15/h1,3-4,12,15-18,20-21,25H,2,5-11,13H2,(H,23,26)/t15?,16?,17?,18?,20-,21?/m1/s1. The molecule has 5 aliphatic rings. The molecule has 1 aromatic carbocycles. The number of carbonyl (C=O) groups is 1. The molecule has 158 valence electrons. The van der Waals surface area contributed by atoms with E-state index >= 15 is 0 Å². The van der Waals surface area contributed by atoms with Crippen LogP contribution in [-0.4, -0.2) is 42.4 Å². The molecule has 0 spiro atoms. The van der Waals surface area contributed by atoms with Crippen molar-refractivity contribution in [2.75, 3.05) is 6.54 Å². The van der Waals surface area contributed by atoms with E-state index in [9.17, 15) is 18.3 Å². The zero-order valence-electron chi connectivity index (χ0n) is 16.7. The lowest BCUT2D eigenvalue weighted by atomic mass is 9.54. The predicted octanol–water partition coefficient (Wildman–Crippen LogP) is 2.27. The molecule has 29 heavy (non-hydrogen) atoms. The van der Waals surface area contributed by atoms with Crippen molar-refractivity contribution in [3.05, 3.63) is 29.8 Å². The summed E-state index contributed by atoms with van der Waals surface area (Å²) in [6, 6.07) is 5.96. The quantitative estimate of drug-likeness (QED) is 0.768. The number of aliphatic hydroxyl groups excluding tert-OH is 1. The van der Waals surface area contributed by atoms with Gasteiger partial charge in [-0.05, 0) is 86.3 Å². The second kappa shape index (κ2) is 7.36. The smallest absolute Gasteiger partial charge is 0.243 e. The Kier molecular flexibility index (Phi) is 4.95. The number of amides is 1. The minimum Gasteiger partial charge on any atom is -0.392 e. The average molecular weight is 419 g/mol. The fourth-order valence-corrected chi connectivity index (χ4v) is 8.38. The number of hydrogen-bond acceptors (Lipinski definition) is 4. The van der Waals surface area contributed by atoms with Crippen molar-refractivity contribution >= 4 is 15.9 Å². The number of aliphatic hydroxyl groups is 1. The van der Waals surface area contributed by atoms with Gasteiger partial charge in [0, 0.05) is 12.6 Å². The molecular formula is C22H30N2O4S. The molecule has 0 radical (unpaired) electrons. The molecule has 6 rings (SSSR count). The Morgan fingerprint density at radius 3 is 2.45 bits per heavy atom. The number of hydrogen-bond donors (Lipinski definition) is 2. The van der Waals surface area contributed by atoms with Gasteiger partial charge < -0.3 is 10.4 Å². The first kappa shape index (κ1) is 19.5. The number of carbonyl (C=O) groups excluding carboxylic acids is 1. The Morgan fingerprint density at radius 2 is 1.79 bits per heavy atom. The molecule has 1 aromatic rings.